The standard InChI is InChI=1S/C19H14F4N2O3.C11H12F4N2O.CH4O.H4N2.H2O/c20-15-8-24-16(10-5-12(6-10)28-19(21,22)23)7-11(15)9-25-17(26)13-3-1-2-4-14(13)18(25)27;12-9-5-17-10(3-7(9)4-16)6-1-8(2-6)18-11(13,14)15;2*1-2;/h1-4,7-8,10,12H,5-6,9H2;3,5-6,8H,1-2,4,16H2;2H,1H3;1-2H2;1H2. The molecule has 2 aliphatic carbocycles. The summed E-state index contributed by atoms with van der Waals surface area (Å²) in [5.41, 5.74) is 7.25. The zero-order valence-corrected chi connectivity index (χ0v) is 26.8. The van der Waals surface area contributed by atoms with Crippen LogP contribution in [0.25, 0.3) is 0 Å². The van der Waals surface area contributed by atoms with E-state index in [4.69, 9.17) is 10.8 Å². The molecule has 6 rings (SSSR count). The molecule has 3 heterocycles. The third-order valence-corrected chi connectivity index (χ3v) is 7.97. The predicted molar refractivity (Wildman–Crippen MR) is 163 cm³/mol. The van der Waals surface area contributed by atoms with E-state index in [1.165, 1.54) is 24.3 Å². The van der Waals surface area contributed by atoms with E-state index in [1.807, 2.05) is 0 Å². The van der Waals surface area contributed by atoms with Crippen LogP contribution in [0.5, 0.6) is 0 Å². The number of hydrogen-bond acceptors (Lipinski definition) is 10. The van der Waals surface area contributed by atoms with Gasteiger partial charge in [-0.05, 0) is 49.9 Å². The molecule has 0 bridgehead atoms. The van der Waals surface area contributed by atoms with Crippen LogP contribution in [0.1, 0.15) is 80.7 Å². The Morgan fingerprint density at radius 1 is 0.765 bits per heavy atom. The van der Waals surface area contributed by atoms with Crippen LogP contribution in [-0.4, -0.2) is 69.3 Å². The van der Waals surface area contributed by atoms with Gasteiger partial charge in [0.15, 0.2) is 0 Å². The highest BCUT2D eigenvalue weighted by Gasteiger charge is 2.42. The molecule has 282 valence electrons. The topological polar surface area (TPSA) is 211 Å². The van der Waals surface area contributed by atoms with Gasteiger partial charge in [-0.1, -0.05) is 12.1 Å². The van der Waals surface area contributed by atoms with Gasteiger partial charge in [-0.3, -0.25) is 45.6 Å². The first kappa shape index (κ1) is 43.0. The summed E-state index contributed by atoms with van der Waals surface area (Å²) in [7, 11) is 1.00. The average Bonchev–Trinajstić information content (AvgIpc) is 3.28. The van der Waals surface area contributed by atoms with E-state index in [1.54, 1.807) is 12.1 Å². The zero-order valence-electron chi connectivity index (χ0n) is 26.8. The van der Waals surface area contributed by atoms with Crippen molar-refractivity contribution in [3.63, 3.8) is 0 Å². The van der Waals surface area contributed by atoms with Crippen molar-refractivity contribution < 1.29 is 64.8 Å². The van der Waals surface area contributed by atoms with Gasteiger partial charge in [0.25, 0.3) is 11.8 Å². The molecule has 2 saturated carbocycles. The predicted octanol–water partition coefficient (Wildman–Crippen LogP) is 3.86. The highest BCUT2D eigenvalue weighted by Crippen LogP contribution is 2.42. The van der Waals surface area contributed by atoms with Gasteiger partial charge in [-0.25, -0.2) is 8.78 Å². The second-order valence-electron chi connectivity index (χ2n) is 11.1. The third-order valence-electron chi connectivity index (χ3n) is 7.97. The summed E-state index contributed by atoms with van der Waals surface area (Å²) in [5.74, 6) is 5.37. The summed E-state index contributed by atoms with van der Waals surface area (Å²) in [4.78, 5) is 33.6. The summed E-state index contributed by atoms with van der Waals surface area (Å²) in [6, 6.07) is 9.22. The van der Waals surface area contributed by atoms with E-state index in [2.05, 4.69) is 31.1 Å². The number of rotatable bonds is 7. The van der Waals surface area contributed by atoms with E-state index in [9.17, 15) is 44.7 Å². The number of aromatic nitrogens is 2. The number of alkyl halides is 6. The molecule has 0 spiro atoms. The molecule has 2 amide bonds. The number of fused-ring (bicyclic) bond motifs is 1. The second-order valence-corrected chi connectivity index (χ2v) is 11.1. The van der Waals surface area contributed by atoms with Crippen LogP contribution in [-0.2, 0) is 22.6 Å². The number of imide groups is 1. The molecule has 1 aliphatic heterocycles. The molecule has 0 unspecified atom stereocenters. The summed E-state index contributed by atoms with van der Waals surface area (Å²) in [6.07, 6.45) is -8.35. The molecule has 12 nitrogen and oxygen atoms in total. The van der Waals surface area contributed by atoms with Crippen LogP contribution >= 0.6 is 0 Å². The molecule has 3 aliphatic rings. The number of nitrogens with zero attached hydrogens (tertiary/aromatic N) is 3. The smallest absolute Gasteiger partial charge is 0.412 e. The van der Waals surface area contributed by atoms with Crippen LogP contribution in [0.15, 0.2) is 48.8 Å². The van der Waals surface area contributed by atoms with Crippen molar-refractivity contribution >= 4 is 11.8 Å². The Morgan fingerprint density at radius 3 is 1.51 bits per heavy atom. The van der Waals surface area contributed by atoms with Crippen molar-refractivity contribution in [2.45, 2.75) is 75.5 Å². The number of nitrogens with two attached hydrogens (primary N) is 3. The van der Waals surface area contributed by atoms with Gasteiger partial charge in [-0.2, -0.15) is 0 Å². The molecule has 0 saturated heterocycles. The maximum atomic E-state index is 14.2. The Hall–Kier alpha value is -4.18. The number of aliphatic hydroxyl groups is 1. The Kier molecular flexibility index (Phi) is 15.5. The molecule has 9 N–H and O–H groups in total. The minimum absolute atomic E-state index is 0. The fraction of sp³-hybridized carbons (Fsp3) is 0.419. The van der Waals surface area contributed by atoms with Crippen molar-refractivity contribution in [1.29, 1.82) is 0 Å². The van der Waals surface area contributed by atoms with Crippen molar-refractivity contribution in [2.75, 3.05) is 7.11 Å². The number of halogens is 8. The maximum absolute atomic E-state index is 14.2. The maximum Gasteiger partial charge on any atom is 0.522 e. The first-order valence-corrected chi connectivity index (χ1v) is 14.8. The Morgan fingerprint density at radius 2 is 1.14 bits per heavy atom. The van der Waals surface area contributed by atoms with Crippen LogP contribution < -0.4 is 17.4 Å². The number of aliphatic hydroxyl groups excluding tert-OH is 1. The van der Waals surface area contributed by atoms with E-state index in [-0.39, 0.29) is 72.8 Å². The lowest BCUT2D eigenvalue weighted by Crippen LogP contribution is -2.35. The lowest BCUT2D eigenvalue weighted by atomic mass is 9.79. The van der Waals surface area contributed by atoms with Crippen molar-refractivity contribution in [3.8, 4) is 0 Å². The van der Waals surface area contributed by atoms with Gasteiger partial charge < -0.3 is 16.3 Å². The highest BCUT2D eigenvalue weighted by molar-refractivity contribution is 6.21. The molecule has 0 radical (unpaired) electrons. The van der Waals surface area contributed by atoms with Crippen molar-refractivity contribution in [2.24, 2.45) is 17.4 Å². The number of carbonyl (C=O) groups is 2. The molecule has 3 aromatic rings. The van der Waals surface area contributed by atoms with Gasteiger partial charge in [0.1, 0.15) is 11.6 Å². The molecule has 0 atom stereocenters. The zero-order chi connectivity index (χ0) is 37.4. The number of carbonyl (C=O) groups excluding carboxylic acids is 2. The van der Waals surface area contributed by atoms with Gasteiger partial charge >= 0.3 is 12.7 Å². The summed E-state index contributed by atoms with van der Waals surface area (Å²) in [5, 5.41) is 7.00. The van der Waals surface area contributed by atoms with E-state index in [0.29, 0.717) is 17.0 Å². The van der Waals surface area contributed by atoms with Crippen molar-refractivity contribution in [1.82, 2.24) is 14.9 Å². The number of ether oxygens (including phenoxy) is 2. The lowest BCUT2D eigenvalue weighted by molar-refractivity contribution is -0.352. The normalized spacial score (nSPS) is 20.5. The molecular formula is C31H36F8N6O6. The van der Waals surface area contributed by atoms with Crippen molar-refractivity contribution in [3.05, 3.63) is 94.1 Å². The number of hydrazine groups is 1. The number of hydrogen-bond donors (Lipinski definition) is 4. The van der Waals surface area contributed by atoms with E-state index in [0.717, 1.165) is 24.4 Å². The first-order valence-electron chi connectivity index (χ1n) is 14.8. The highest BCUT2D eigenvalue weighted by atomic mass is 19.4. The van der Waals surface area contributed by atoms with Crippen LogP contribution in [0.2, 0.25) is 0 Å². The molecule has 1 aromatic carbocycles. The molecule has 2 fully saturated rings. The number of benzene rings is 1. The van der Waals surface area contributed by atoms with Gasteiger partial charge in [0, 0.05) is 48.0 Å². The molecule has 2 aromatic heterocycles. The van der Waals surface area contributed by atoms with E-state index >= 15 is 0 Å². The summed E-state index contributed by atoms with van der Waals surface area (Å²) >= 11 is 0. The van der Waals surface area contributed by atoms with Gasteiger partial charge in [0.05, 0.1) is 42.3 Å². The molecule has 51 heavy (non-hydrogen) atoms. The third kappa shape index (κ3) is 11.2. The summed E-state index contributed by atoms with van der Waals surface area (Å²) < 4.78 is 108. The monoisotopic (exact) mass is 740 g/mol. The minimum atomic E-state index is -4.69. The van der Waals surface area contributed by atoms with Gasteiger partial charge in [-0.15, -0.1) is 26.3 Å². The molecular weight excluding hydrogens is 704 g/mol. The Balaban J connectivity index is 0.000000340. The average molecular weight is 741 g/mol. The SMILES string of the molecule is CO.NCc1cc(C2CC(OC(F)(F)F)C2)ncc1F.NN.O.O=C1c2ccccc2C(=O)N1Cc1cc(C2CC(OC(F)(F)F)C2)ncc1F. The van der Waals surface area contributed by atoms with Crippen LogP contribution in [0, 0.1) is 11.6 Å². The second kappa shape index (κ2) is 18.4. The fourth-order valence-electron chi connectivity index (χ4n) is 5.46. The summed E-state index contributed by atoms with van der Waals surface area (Å²) in [6.45, 7) is -0.237. The van der Waals surface area contributed by atoms with E-state index < -0.39 is 48.4 Å². The largest absolute Gasteiger partial charge is 0.522 e. The lowest BCUT2D eigenvalue weighted by Gasteiger charge is -2.35. The fourth-order valence-corrected chi connectivity index (χ4v) is 5.46. The quantitative estimate of drug-likeness (QED) is 0.119. The van der Waals surface area contributed by atoms with Crippen LogP contribution in [0.3, 0.4) is 0 Å². The number of amides is 2. The Bertz CT molecular complexity index is 1580. The minimum Gasteiger partial charge on any atom is -0.412 e. The van der Waals surface area contributed by atoms with Gasteiger partial charge in [0.2, 0.25) is 0 Å². The van der Waals surface area contributed by atoms with Crippen LogP contribution in [0.4, 0.5) is 35.1 Å². The number of pyridine rings is 2. The first-order chi connectivity index (χ1) is 23.6. The Labute approximate surface area is 285 Å². The molecule has 20 heteroatoms.